The van der Waals surface area contributed by atoms with Gasteiger partial charge in [-0.05, 0) is 49.7 Å². The molecule has 21 heavy (non-hydrogen) atoms. The van der Waals surface area contributed by atoms with E-state index in [0.717, 1.165) is 6.54 Å². The fourth-order valence-electron chi connectivity index (χ4n) is 3.21. The number of fused-ring (bicyclic) bond motifs is 1. The maximum absolute atomic E-state index is 13.0. The Morgan fingerprint density at radius 2 is 1.86 bits per heavy atom. The van der Waals surface area contributed by atoms with Crippen molar-refractivity contribution in [1.82, 2.24) is 4.90 Å². The molecule has 0 aliphatic carbocycles. The predicted octanol–water partition coefficient (Wildman–Crippen LogP) is 4.98. The van der Waals surface area contributed by atoms with Crippen LogP contribution in [0.2, 0.25) is 0 Å². The van der Waals surface area contributed by atoms with Crippen LogP contribution in [-0.2, 0) is 5.54 Å². The zero-order valence-electron chi connectivity index (χ0n) is 12.6. The van der Waals surface area contributed by atoms with E-state index in [9.17, 15) is 3.89 Å². The van der Waals surface area contributed by atoms with Crippen LogP contribution in [0.15, 0.2) is 53.4 Å². The summed E-state index contributed by atoms with van der Waals surface area (Å²) in [6.07, 6.45) is 0. The Morgan fingerprint density at radius 1 is 1.14 bits per heavy atom. The summed E-state index contributed by atoms with van der Waals surface area (Å²) in [5.74, 6) is 0.298. The van der Waals surface area contributed by atoms with Crippen LogP contribution in [0.25, 0.3) is 0 Å². The van der Waals surface area contributed by atoms with Crippen molar-refractivity contribution < 1.29 is 3.89 Å². The molecule has 0 saturated heterocycles. The number of nitrogens with zero attached hydrogens (tertiary/aromatic N) is 1. The number of benzene rings is 2. The van der Waals surface area contributed by atoms with Crippen molar-refractivity contribution in [1.29, 1.82) is 0 Å². The summed E-state index contributed by atoms with van der Waals surface area (Å²) in [5.41, 5.74) is 3.82. The first-order chi connectivity index (χ1) is 10.0. The van der Waals surface area contributed by atoms with Crippen molar-refractivity contribution in [2.24, 2.45) is 0 Å². The molecule has 0 spiro atoms. The van der Waals surface area contributed by atoms with Gasteiger partial charge in [-0.1, -0.05) is 36.4 Å². The summed E-state index contributed by atoms with van der Waals surface area (Å²) in [7, 11) is 2.16. The zero-order chi connectivity index (χ0) is 15.0. The summed E-state index contributed by atoms with van der Waals surface area (Å²) in [4.78, 5) is 3.07. The first kappa shape index (κ1) is 14.6. The molecule has 1 heterocycles. The van der Waals surface area contributed by atoms with Gasteiger partial charge in [-0.15, -0.1) is 0 Å². The lowest BCUT2D eigenvalue weighted by Crippen LogP contribution is -2.46. The molecule has 1 nitrogen and oxygen atoms in total. The second kappa shape index (κ2) is 5.47. The fourth-order valence-corrected chi connectivity index (χ4v) is 3.50. The largest absolute Gasteiger partial charge is 0.296 e. The van der Waals surface area contributed by atoms with Gasteiger partial charge in [-0.2, -0.15) is 3.89 Å². The van der Waals surface area contributed by atoms with E-state index in [2.05, 4.69) is 56.1 Å². The highest BCUT2D eigenvalue weighted by Crippen LogP contribution is 2.43. The van der Waals surface area contributed by atoms with E-state index in [1.165, 1.54) is 16.7 Å². The molecule has 1 atom stereocenters. The summed E-state index contributed by atoms with van der Waals surface area (Å²) >= 11 is 0.326. The molecule has 0 bridgehead atoms. The number of hydrogen-bond donors (Lipinski definition) is 0. The topological polar surface area (TPSA) is 3.24 Å². The van der Waals surface area contributed by atoms with E-state index in [1.54, 1.807) is 0 Å². The molecule has 1 aliphatic rings. The van der Waals surface area contributed by atoms with Gasteiger partial charge >= 0.3 is 0 Å². The smallest absolute Gasteiger partial charge is 0.0812 e. The van der Waals surface area contributed by atoms with Gasteiger partial charge in [0.2, 0.25) is 0 Å². The van der Waals surface area contributed by atoms with Crippen molar-refractivity contribution in [3.63, 3.8) is 0 Å². The molecule has 0 amide bonds. The van der Waals surface area contributed by atoms with E-state index in [0.29, 0.717) is 23.0 Å². The van der Waals surface area contributed by atoms with Crippen LogP contribution in [0.4, 0.5) is 3.89 Å². The quantitative estimate of drug-likeness (QED) is 0.770. The molecule has 0 N–H and O–H groups in total. The van der Waals surface area contributed by atoms with Crippen molar-refractivity contribution in [2.45, 2.75) is 30.2 Å². The lowest BCUT2D eigenvalue weighted by molar-refractivity contribution is 0.134. The molecule has 0 aromatic heterocycles. The number of rotatable bonds is 2. The summed E-state index contributed by atoms with van der Waals surface area (Å²) in [5, 5.41) is 0. The highest BCUT2D eigenvalue weighted by atomic mass is 32.2. The van der Waals surface area contributed by atoms with Crippen molar-refractivity contribution in [3.8, 4) is 0 Å². The van der Waals surface area contributed by atoms with Gasteiger partial charge in [-0.25, -0.2) is 0 Å². The highest BCUT2D eigenvalue weighted by molar-refractivity contribution is 7.94. The van der Waals surface area contributed by atoms with Gasteiger partial charge in [0.25, 0.3) is 0 Å². The highest BCUT2D eigenvalue weighted by Gasteiger charge is 2.37. The van der Waals surface area contributed by atoms with Crippen molar-refractivity contribution >= 4 is 12.1 Å². The molecular formula is C18H20FNS. The van der Waals surface area contributed by atoms with E-state index < -0.39 is 0 Å². The predicted molar refractivity (Wildman–Crippen MR) is 87.3 cm³/mol. The summed E-state index contributed by atoms with van der Waals surface area (Å²) in [6, 6.07) is 16.5. The van der Waals surface area contributed by atoms with Crippen LogP contribution in [0, 0.1) is 0 Å². The lowest BCUT2D eigenvalue weighted by atomic mass is 9.76. The van der Waals surface area contributed by atoms with Gasteiger partial charge in [-0.3, -0.25) is 4.90 Å². The van der Waals surface area contributed by atoms with Gasteiger partial charge in [0.1, 0.15) is 0 Å². The van der Waals surface area contributed by atoms with Crippen LogP contribution < -0.4 is 0 Å². The minimum atomic E-state index is -0.0277. The Morgan fingerprint density at radius 3 is 2.52 bits per heavy atom. The first-order valence-electron chi connectivity index (χ1n) is 7.23. The molecule has 0 fully saturated rings. The van der Waals surface area contributed by atoms with Gasteiger partial charge in [0, 0.05) is 22.9 Å². The number of likely N-dealkylation sites (N-methyl/N-ethyl adjacent to an activating group) is 1. The second-order valence-electron chi connectivity index (χ2n) is 6.23. The molecule has 1 unspecified atom stereocenters. The Labute approximate surface area is 130 Å². The molecule has 110 valence electrons. The molecule has 3 rings (SSSR count). The first-order valence-corrected chi connectivity index (χ1v) is 7.95. The molecule has 2 aromatic carbocycles. The maximum atomic E-state index is 13.0. The van der Waals surface area contributed by atoms with Gasteiger partial charge in [0.05, 0.1) is 12.1 Å². The maximum Gasteiger partial charge on any atom is 0.0812 e. The minimum Gasteiger partial charge on any atom is -0.296 e. The normalized spacial score (nSPS) is 21.0. The molecule has 3 heteroatoms. The van der Waals surface area contributed by atoms with Crippen LogP contribution in [-0.4, -0.2) is 18.5 Å². The average molecular weight is 301 g/mol. The Balaban J connectivity index is 2.17. The molecule has 0 radical (unpaired) electrons. The van der Waals surface area contributed by atoms with Crippen molar-refractivity contribution in [3.05, 3.63) is 65.2 Å². The van der Waals surface area contributed by atoms with Crippen LogP contribution in [0.3, 0.4) is 0 Å². The standard InChI is InChI=1S/C18H20FNS/c1-18(2)17-10-9-14(21-19)11-15(17)16(12-20(18)3)13-7-5-4-6-8-13/h4-11,16H,12H2,1-3H3. The third-order valence-electron chi connectivity index (χ3n) is 4.76. The van der Waals surface area contributed by atoms with Gasteiger partial charge < -0.3 is 0 Å². The fraction of sp³-hybridized carbons (Fsp3) is 0.333. The Bertz CT molecular complexity index is 639. The van der Waals surface area contributed by atoms with Crippen LogP contribution >= 0.6 is 12.1 Å². The summed E-state index contributed by atoms with van der Waals surface area (Å²) in [6.45, 7) is 5.41. The number of hydrogen-bond acceptors (Lipinski definition) is 2. The SMILES string of the molecule is CN1CC(c2ccccc2)c2cc(SF)ccc2C1(C)C. The van der Waals surface area contributed by atoms with Crippen LogP contribution in [0.5, 0.6) is 0 Å². The van der Waals surface area contributed by atoms with E-state index >= 15 is 0 Å². The van der Waals surface area contributed by atoms with E-state index in [4.69, 9.17) is 0 Å². The average Bonchev–Trinajstić information content (AvgIpc) is 2.51. The second-order valence-corrected chi connectivity index (χ2v) is 6.85. The van der Waals surface area contributed by atoms with Crippen molar-refractivity contribution in [2.75, 3.05) is 13.6 Å². The Kier molecular flexibility index (Phi) is 3.80. The Hall–Kier alpha value is -1.32. The molecular weight excluding hydrogens is 281 g/mol. The summed E-state index contributed by atoms with van der Waals surface area (Å²) < 4.78 is 13.0. The monoisotopic (exact) mass is 301 g/mol. The third kappa shape index (κ3) is 2.49. The van der Waals surface area contributed by atoms with Gasteiger partial charge in [0.15, 0.2) is 0 Å². The molecule has 2 aromatic rings. The lowest BCUT2D eigenvalue weighted by Gasteiger charge is -2.45. The van der Waals surface area contributed by atoms with E-state index in [-0.39, 0.29) is 5.54 Å². The van der Waals surface area contributed by atoms with E-state index in [1.807, 2.05) is 18.2 Å². The minimum absolute atomic E-state index is 0.0277. The zero-order valence-corrected chi connectivity index (χ0v) is 13.5. The third-order valence-corrected chi connectivity index (χ3v) is 5.19. The molecule has 0 saturated carbocycles. The van der Waals surface area contributed by atoms with Crippen LogP contribution in [0.1, 0.15) is 36.5 Å². The molecule has 1 aliphatic heterocycles. The number of halogens is 1.